The molecule has 0 rings (SSSR count). The van der Waals surface area contributed by atoms with Crippen molar-refractivity contribution < 1.29 is 0 Å². The quantitative estimate of drug-likeness (QED) is 0.558. The largest absolute Gasteiger partial charge is 0.306 e. The average Bonchev–Trinajstić information content (AvgIpc) is 1.64. The monoisotopic (exact) mass is 127 g/mol. The Kier molecular flexibility index (Phi) is 3.87. The van der Waals surface area contributed by atoms with Crippen molar-refractivity contribution in [1.29, 1.82) is 0 Å². The summed E-state index contributed by atoms with van der Waals surface area (Å²) in [6.45, 7) is 6.41. The maximum absolute atomic E-state index is 2.20. The number of hydrogen-bond donors (Lipinski definition) is 0. The molecule has 0 aliphatic heterocycles. The van der Waals surface area contributed by atoms with Gasteiger partial charge in [-0.2, -0.15) is 0 Å². The van der Waals surface area contributed by atoms with E-state index >= 15 is 0 Å². The van der Waals surface area contributed by atoms with Gasteiger partial charge < -0.3 is 4.90 Å². The van der Waals surface area contributed by atoms with Gasteiger partial charge in [0.05, 0.1) is 0 Å². The summed E-state index contributed by atoms with van der Waals surface area (Å²) in [6.07, 6.45) is 2.20. The molecule has 1 heteroatoms. The van der Waals surface area contributed by atoms with Crippen LogP contribution in [0.5, 0.6) is 0 Å². The lowest BCUT2D eigenvalue weighted by Gasteiger charge is -2.25. The van der Waals surface area contributed by atoms with Crippen LogP contribution in [0.25, 0.3) is 0 Å². The van der Waals surface area contributed by atoms with E-state index in [2.05, 4.69) is 46.2 Å². The van der Waals surface area contributed by atoms with Gasteiger partial charge in [0, 0.05) is 6.04 Å². The van der Waals surface area contributed by atoms with E-state index in [1.54, 1.807) is 0 Å². The number of rotatable bonds is 3. The molecule has 0 spiro atoms. The van der Waals surface area contributed by atoms with E-state index in [0.717, 1.165) is 0 Å². The molecule has 0 aromatic heterocycles. The standard InChI is InChI=1S/C8H17N/c1-6-8(7(2)3)9(4)5/h6,8H,1-5H3. The lowest BCUT2D eigenvalue weighted by atomic mass is 10.0. The fourth-order valence-electron chi connectivity index (χ4n) is 1.15. The summed E-state index contributed by atoms with van der Waals surface area (Å²) in [6, 6.07) is 0.546. The van der Waals surface area contributed by atoms with Crippen LogP contribution in [0, 0.1) is 12.3 Å². The molecule has 0 aliphatic rings. The molecule has 0 saturated carbocycles. The van der Waals surface area contributed by atoms with E-state index in [-0.39, 0.29) is 0 Å². The molecule has 0 aromatic carbocycles. The Labute approximate surface area is 59.1 Å². The van der Waals surface area contributed by atoms with Gasteiger partial charge in [-0.05, 0) is 26.4 Å². The van der Waals surface area contributed by atoms with Crippen LogP contribution in [0.15, 0.2) is 0 Å². The summed E-state index contributed by atoms with van der Waals surface area (Å²) >= 11 is 0. The fourth-order valence-corrected chi connectivity index (χ4v) is 1.15. The zero-order valence-electron chi connectivity index (χ0n) is 7.10. The summed E-state index contributed by atoms with van der Waals surface area (Å²) in [5.41, 5.74) is 0. The first-order valence-electron chi connectivity index (χ1n) is 3.35. The fraction of sp³-hybridized carbons (Fsp3) is 0.750. The topological polar surface area (TPSA) is 3.24 Å². The van der Waals surface area contributed by atoms with Crippen LogP contribution in [-0.4, -0.2) is 25.0 Å². The predicted molar refractivity (Wildman–Crippen MR) is 42.0 cm³/mol. The van der Waals surface area contributed by atoms with Gasteiger partial charge in [0.1, 0.15) is 0 Å². The molecule has 1 atom stereocenters. The molecular formula is C8H17N. The average molecular weight is 127 g/mol. The molecule has 0 aromatic rings. The molecule has 0 heterocycles. The van der Waals surface area contributed by atoms with Crippen LogP contribution in [0.2, 0.25) is 0 Å². The van der Waals surface area contributed by atoms with E-state index in [1.165, 1.54) is 5.92 Å². The molecule has 0 N–H and O–H groups in total. The summed E-state index contributed by atoms with van der Waals surface area (Å²) in [5, 5.41) is 0. The zero-order chi connectivity index (χ0) is 7.44. The first-order valence-corrected chi connectivity index (χ1v) is 3.35. The Balaban J connectivity index is 3.68. The molecule has 0 bridgehead atoms. The van der Waals surface area contributed by atoms with Crippen molar-refractivity contribution in [3.63, 3.8) is 0 Å². The molecule has 1 nitrogen and oxygen atoms in total. The molecule has 9 heavy (non-hydrogen) atoms. The van der Waals surface area contributed by atoms with Crippen LogP contribution in [0.4, 0.5) is 0 Å². The highest BCUT2D eigenvalue weighted by Crippen LogP contribution is 2.11. The minimum absolute atomic E-state index is 0.546. The molecule has 54 valence electrons. The van der Waals surface area contributed by atoms with E-state index in [0.29, 0.717) is 6.04 Å². The highest BCUT2D eigenvalue weighted by atomic mass is 15.1. The van der Waals surface area contributed by atoms with Crippen molar-refractivity contribution in [3.8, 4) is 0 Å². The van der Waals surface area contributed by atoms with E-state index in [1.807, 2.05) is 0 Å². The second kappa shape index (κ2) is 3.89. The van der Waals surface area contributed by atoms with Gasteiger partial charge in [-0.1, -0.05) is 20.8 Å². The van der Waals surface area contributed by atoms with Crippen molar-refractivity contribution in [2.24, 2.45) is 0 Å². The highest BCUT2D eigenvalue weighted by molar-refractivity contribution is 4.99. The summed E-state index contributed by atoms with van der Waals surface area (Å²) in [5.74, 6) is 1.45. The second-order valence-corrected chi connectivity index (χ2v) is 2.82. The summed E-state index contributed by atoms with van der Waals surface area (Å²) in [7, 11) is 4.19. The minimum atomic E-state index is 0.546. The van der Waals surface area contributed by atoms with Crippen molar-refractivity contribution >= 4 is 0 Å². The van der Waals surface area contributed by atoms with E-state index < -0.39 is 0 Å². The Morgan fingerprint density at radius 1 is 1.33 bits per heavy atom. The summed E-state index contributed by atoms with van der Waals surface area (Å²) in [4.78, 5) is 2.20. The SMILES string of the molecule is C[CH]C([C](C)C)N(C)C. The van der Waals surface area contributed by atoms with Crippen molar-refractivity contribution in [3.05, 3.63) is 12.3 Å². The molecule has 0 amide bonds. The molecule has 0 aliphatic carbocycles. The Morgan fingerprint density at radius 2 is 1.78 bits per heavy atom. The summed E-state index contributed by atoms with van der Waals surface area (Å²) < 4.78 is 0. The lowest BCUT2D eigenvalue weighted by molar-refractivity contribution is 0.337. The molecule has 0 saturated heterocycles. The number of hydrogen-bond acceptors (Lipinski definition) is 1. The second-order valence-electron chi connectivity index (χ2n) is 2.82. The van der Waals surface area contributed by atoms with Gasteiger partial charge in [0.15, 0.2) is 0 Å². The third-order valence-electron chi connectivity index (χ3n) is 1.46. The van der Waals surface area contributed by atoms with Crippen LogP contribution in [0.3, 0.4) is 0 Å². The smallest absolute Gasteiger partial charge is 0.0175 e. The third kappa shape index (κ3) is 2.85. The lowest BCUT2D eigenvalue weighted by Crippen LogP contribution is -2.31. The molecule has 1 unspecified atom stereocenters. The Morgan fingerprint density at radius 3 is 1.78 bits per heavy atom. The maximum Gasteiger partial charge on any atom is 0.0175 e. The normalized spacial score (nSPS) is 15.0. The maximum atomic E-state index is 2.20. The first-order chi connectivity index (χ1) is 4.09. The molecular weight excluding hydrogens is 110 g/mol. The van der Waals surface area contributed by atoms with Crippen molar-refractivity contribution in [2.75, 3.05) is 14.1 Å². The predicted octanol–water partition coefficient (Wildman–Crippen LogP) is 1.76. The van der Waals surface area contributed by atoms with Crippen LogP contribution < -0.4 is 0 Å². The van der Waals surface area contributed by atoms with Gasteiger partial charge >= 0.3 is 0 Å². The van der Waals surface area contributed by atoms with Gasteiger partial charge in [0.25, 0.3) is 0 Å². The van der Waals surface area contributed by atoms with Crippen molar-refractivity contribution in [2.45, 2.75) is 26.8 Å². The third-order valence-corrected chi connectivity index (χ3v) is 1.46. The van der Waals surface area contributed by atoms with Gasteiger partial charge in [-0.3, -0.25) is 0 Å². The van der Waals surface area contributed by atoms with Gasteiger partial charge in [0.2, 0.25) is 0 Å². The molecule has 2 radical (unpaired) electrons. The number of nitrogens with zero attached hydrogens (tertiary/aromatic N) is 1. The van der Waals surface area contributed by atoms with Crippen LogP contribution in [0.1, 0.15) is 20.8 Å². The van der Waals surface area contributed by atoms with Crippen molar-refractivity contribution in [1.82, 2.24) is 4.90 Å². The molecule has 0 fully saturated rings. The Bertz CT molecular complexity index is 59.0. The van der Waals surface area contributed by atoms with Crippen LogP contribution in [-0.2, 0) is 0 Å². The zero-order valence-corrected chi connectivity index (χ0v) is 7.10. The van der Waals surface area contributed by atoms with Gasteiger partial charge in [-0.15, -0.1) is 0 Å². The minimum Gasteiger partial charge on any atom is -0.306 e. The Hall–Kier alpha value is -0.0400. The first kappa shape index (κ1) is 8.96. The van der Waals surface area contributed by atoms with E-state index in [9.17, 15) is 0 Å². The van der Waals surface area contributed by atoms with Crippen LogP contribution >= 0.6 is 0 Å². The highest BCUT2D eigenvalue weighted by Gasteiger charge is 2.12. The van der Waals surface area contributed by atoms with E-state index in [4.69, 9.17) is 0 Å². The van der Waals surface area contributed by atoms with Gasteiger partial charge in [-0.25, -0.2) is 0 Å².